The number of nitrogens with zero attached hydrogens (tertiary/aromatic N) is 2. The van der Waals surface area contributed by atoms with Crippen molar-refractivity contribution in [2.75, 3.05) is 26.3 Å². The summed E-state index contributed by atoms with van der Waals surface area (Å²) in [4.78, 5) is 28.2. The van der Waals surface area contributed by atoms with Crippen molar-refractivity contribution in [3.8, 4) is 5.75 Å². The van der Waals surface area contributed by atoms with Crippen molar-refractivity contribution in [1.82, 2.24) is 9.47 Å². The number of fused-ring (bicyclic) bond motifs is 1. The minimum absolute atomic E-state index is 0.301. The molecule has 0 unspecified atom stereocenters. The predicted octanol–water partition coefficient (Wildman–Crippen LogP) is 4.83. The number of carbonyl (C=O) groups is 2. The number of aromatic nitrogens is 1. The van der Waals surface area contributed by atoms with E-state index in [1.165, 1.54) is 0 Å². The largest absolute Gasteiger partial charge is 0.491 e. The first-order valence-corrected chi connectivity index (χ1v) is 11.9. The molecule has 1 aliphatic rings. The van der Waals surface area contributed by atoms with Crippen LogP contribution in [-0.4, -0.2) is 53.6 Å². The maximum Gasteiger partial charge on any atom is 0.295 e. The van der Waals surface area contributed by atoms with Crippen LogP contribution in [0, 0.1) is 0 Å². The van der Waals surface area contributed by atoms with E-state index in [0.29, 0.717) is 43.4 Å². The van der Waals surface area contributed by atoms with Crippen molar-refractivity contribution >= 4 is 34.2 Å². The van der Waals surface area contributed by atoms with Crippen LogP contribution < -0.4 is 4.74 Å². The zero-order valence-corrected chi connectivity index (χ0v) is 19.9. The molecule has 1 saturated heterocycles. The number of ketones is 1. The Balaban J connectivity index is 1.33. The Bertz CT molecular complexity index is 1350. The van der Waals surface area contributed by atoms with Crippen molar-refractivity contribution in [1.29, 1.82) is 0 Å². The molecule has 0 saturated carbocycles. The van der Waals surface area contributed by atoms with E-state index < -0.39 is 11.7 Å². The second-order valence-electron chi connectivity index (χ2n) is 8.48. The van der Waals surface area contributed by atoms with E-state index in [1.807, 2.05) is 83.4 Å². The standard InChI is InChI=1S/C28H25ClN2O4/c29-25-12-6-4-8-20(25)16-31-18-24(23-11-5-7-13-26(23)31)27(32)28(33)30-14-15-34-22(17-30)19-35-21-9-2-1-3-10-21/h1-13,18,22H,14-17,19H2/t22-/m1/s1. The van der Waals surface area contributed by atoms with Gasteiger partial charge in [-0.05, 0) is 29.8 Å². The summed E-state index contributed by atoms with van der Waals surface area (Å²) in [6, 6.07) is 24.7. The first-order valence-electron chi connectivity index (χ1n) is 11.5. The molecule has 6 nitrogen and oxygen atoms in total. The average molecular weight is 489 g/mol. The molecule has 178 valence electrons. The van der Waals surface area contributed by atoms with Crippen molar-refractivity contribution < 1.29 is 19.1 Å². The molecule has 0 bridgehead atoms. The van der Waals surface area contributed by atoms with Crippen LogP contribution in [0.15, 0.2) is 85.1 Å². The van der Waals surface area contributed by atoms with E-state index in [1.54, 1.807) is 11.1 Å². The number of Topliss-reactive ketones (excluding diaryl/α,β-unsaturated/α-hetero) is 1. The quantitative estimate of drug-likeness (QED) is 0.276. The van der Waals surface area contributed by atoms with E-state index in [9.17, 15) is 9.59 Å². The van der Waals surface area contributed by atoms with Crippen molar-refractivity contribution in [3.05, 3.63) is 101 Å². The first-order chi connectivity index (χ1) is 17.1. The zero-order chi connectivity index (χ0) is 24.2. The smallest absolute Gasteiger partial charge is 0.295 e. The van der Waals surface area contributed by atoms with E-state index >= 15 is 0 Å². The third-order valence-corrected chi connectivity index (χ3v) is 6.50. The van der Waals surface area contributed by atoms with Gasteiger partial charge in [-0.1, -0.05) is 66.2 Å². The molecule has 1 atom stereocenters. The van der Waals surface area contributed by atoms with Gasteiger partial charge in [0.1, 0.15) is 18.5 Å². The van der Waals surface area contributed by atoms with Gasteiger partial charge >= 0.3 is 0 Å². The maximum atomic E-state index is 13.4. The number of para-hydroxylation sites is 2. The Hall–Kier alpha value is -3.61. The number of amides is 1. The summed E-state index contributed by atoms with van der Waals surface area (Å²) in [5, 5.41) is 1.40. The first kappa shape index (κ1) is 23.1. The van der Waals surface area contributed by atoms with Gasteiger partial charge in [-0.15, -0.1) is 0 Å². The Morgan fingerprint density at radius 3 is 2.54 bits per heavy atom. The van der Waals surface area contributed by atoms with Gasteiger partial charge in [0, 0.05) is 35.2 Å². The highest BCUT2D eigenvalue weighted by molar-refractivity contribution is 6.44. The van der Waals surface area contributed by atoms with Crippen LogP contribution in [-0.2, 0) is 16.1 Å². The van der Waals surface area contributed by atoms with E-state index in [4.69, 9.17) is 21.1 Å². The van der Waals surface area contributed by atoms with Gasteiger partial charge in [0.15, 0.2) is 0 Å². The number of hydrogen-bond donors (Lipinski definition) is 0. The van der Waals surface area contributed by atoms with Crippen LogP contribution in [0.5, 0.6) is 5.75 Å². The van der Waals surface area contributed by atoms with Crippen LogP contribution >= 0.6 is 11.6 Å². The van der Waals surface area contributed by atoms with Gasteiger partial charge in [0.25, 0.3) is 11.7 Å². The Morgan fingerprint density at radius 2 is 1.71 bits per heavy atom. The molecule has 1 aromatic heterocycles. The topological polar surface area (TPSA) is 60.8 Å². The Morgan fingerprint density at radius 1 is 0.971 bits per heavy atom. The van der Waals surface area contributed by atoms with E-state index in [-0.39, 0.29) is 6.10 Å². The van der Waals surface area contributed by atoms with Gasteiger partial charge in [-0.25, -0.2) is 0 Å². The van der Waals surface area contributed by atoms with E-state index in [0.717, 1.165) is 22.2 Å². The molecule has 4 aromatic rings. The van der Waals surface area contributed by atoms with Gasteiger partial charge in [0.2, 0.25) is 0 Å². The molecule has 0 N–H and O–H groups in total. The van der Waals surface area contributed by atoms with Gasteiger partial charge in [0.05, 0.1) is 18.7 Å². The third-order valence-electron chi connectivity index (χ3n) is 6.13. The minimum atomic E-state index is -0.529. The predicted molar refractivity (Wildman–Crippen MR) is 135 cm³/mol. The average Bonchev–Trinajstić information content (AvgIpc) is 3.27. The monoisotopic (exact) mass is 488 g/mol. The summed E-state index contributed by atoms with van der Waals surface area (Å²) in [6.45, 7) is 1.83. The summed E-state index contributed by atoms with van der Waals surface area (Å²) < 4.78 is 13.5. The normalized spacial score (nSPS) is 15.8. The number of morpholine rings is 1. The Kier molecular flexibility index (Phi) is 6.84. The second-order valence-corrected chi connectivity index (χ2v) is 8.88. The molecule has 5 rings (SSSR count). The maximum absolute atomic E-state index is 13.4. The van der Waals surface area contributed by atoms with Crippen molar-refractivity contribution in [3.63, 3.8) is 0 Å². The van der Waals surface area contributed by atoms with E-state index in [2.05, 4.69) is 0 Å². The summed E-state index contributed by atoms with van der Waals surface area (Å²) in [5.41, 5.74) is 2.20. The molecule has 2 heterocycles. The third kappa shape index (κ3) is 5.09. The summed E-state index contributed by atoms with van der Waals surface area (Å²) in [6.07, 6.45) is 1.45. The van der Waals surface area contributed by atoms with Gasteiger partial charge in [-0.3, -0.25) is 9.59 Å². The Labute approximate surface area is 208 Å². The molecule has 0 spiro atoms. The lowest BCUT2D eigenvalue weighted by molar-refractivity contribution is -0.135. The summed E-state index contributed by atoms with van der Waals surface area (Å²) in [7, 11) is 0. The van der Waals surface area contributed by atoms with Gasteiger partial charge in [-0.2, -0.15) is 0 Å². The molecule has 3 aromatic carbocycles. The zero-order valence-electron chi connectivity index (χ0n) is 19.1. The van der Waals surface area contributed by atoms with Crippen molar-refractivity contribution in [2.24, 2.45) is 0 Å². The van der Waals surface area contributed by atoms with Crippen LogP contribution in [0.25, 0.3) is 10.9 Å². The molecule has 0 aliphatic carbocycles. The number of halogens is 1. The fourth-order valence-electron chi connectivity index (χ4n) is 4.34. The highest BCUT2D eigenvalue weighted by Gasteiger charge is 2.31. The van der Waals surface area contributed by atoms with Crippen LogP contribution in [0.3, 0.4) is 0 Å². The molecular weight excluding hydrogens is 464 g/mol. The molecule has 1 fully saturated rings. The number of ether oxygens (including phenoxy) is 2. The highest BCUT2D eigenvalue weighted by Crippen LogP contribution is 2.25. The molecular formula is C28H25ClN2O4. The number of carbonyl (C=O) groups excluding carboxylic acids is 2. The fourth-order valence-corrected chi connectivity index (χ4v) is 4.53. The summed E-state index contributed by atoms with van der Waals surface area (Å²) >= 11 is 6.36. The molecule has 0 radical (unpaired) electrons. The summed E-state index contributed by atoms with van der Waals surface area (Å²) in [5.74, 6) is -0.315. The number of hydrogen-bond acceptors (Lipinski definition) is 4. The lowest BCUT2D eigenvalue weighted by Crippen LogP contribution is -2.49. The van der Waals surface area contributed by atoms with Crippen LogP contribution in [0.1, 0.15) is 15.9 Å². The number of rotatable bonds is 7. The van der Waals surface area contributed by atoms with Crippen LogP contribution in [0.2, 0.25) is 5.02 Å². The SMILES string of the molecule is O=C(C(=O)N1CCO[C@@H](COc2ccccc2)C1)c1cn(Cc2ccccc2Cl)c2ccccc12. The van der Waals surface area contributed by atoms with Crippen LogP contribution in [0.4, 0.5) is 0 Å². The highest BCUT2D eigenvalue weighted by atomic mass is 35.5. The van der Waals surface area contributed by atoms with Crippen molar-refractivity contribution in [2.45, 2.75) is 12.6 Å². The number of benzene rings is 3. The molecule has 1 aliphatic heterocycles. The molecule has 1 amide bonds. The lowest BCUT2D eigenvalue weighted by Gasteiger charge is -2.32. The minimum Gasteiger partial charge on any atom is -0.491 e. The fraction of sp³-hybridized carbons (Fsp3) is 0.214. The van der Waals surface area contributed by atoms with Gasteiger partial charge < -0.3 is 18.9 Å². The molecule has 35 heavy (non-hydrogen) atoms. The lowest BCUT2D eigenvalue weighted by atomic mass is 10.1. The molecule has 7 heteroatoms. The second kappa shape index (κ2) is 10.3.